The Bertz CT molecular complexity index is 463. The van der Waals surface area contributed by atoms with E-state index >= 15 is 0 Å². The van der Waals surface area contributed by atoms with Gasteiger partial charge in [-0.2, -0.15) is 0 Å². The first-order chi connectivity index (χ1) is 8.97. The minimum absolute atomic E-state index is 0.0541. The number of hydrogen-bond donors (Lipinski definition) is 0. The highest BCUT2D eigenvalue weighted by molar-refractivity contribution is 5.96. The van der Waals surface area contributed by atoms with Crippen molar-refractivity contribution in [1.82, 2.24) is 14.8 Å². The van der Waals surface area contributed by atoms with Gasteiger partial charge in [0.05, 0.1) is 11.8 Å². The maximum Gasteiger partial charge on any atom is 0.257 e. The number of amides is 2. The smallest absolute Gasteiger partial charge is 0.257 e. The highest BCUT2D eigenvalue weighted by atomic mass is 19.1. The zero-order chi connectivity index (χ0) is 14.4. The summed E-state index contributed by atoms with van der Waals surface area (Å²) in [6.07, 6.45) is 3.04. The van der Waals surface area contributed by atoms with Crippen molar-refractivity contribution in [2.75, 3.05) is 27.2 Å². The Balaban J connectivity index is 2.90. The van der Waals surface area contributed by atoms with Crippen molar-refractivity contribution in [2.45, 2.75) is 13.3 Å². The van der Waals surface area contributed by atoms with Gasteiger partial charge in [0.15, 0.2) is 5.82 Å². The number of likely N-dealkylation sites (N-methyl/N-ethyl adjacent to an activating group) is 1. The molecule has 6 heteroatoms. The van der Waals surface area contributed by atoms with Crippen LogP contribution in [0, 0.1) is 5.82 Å². The van der Waals surface area contributed by atoms with E-state index in [9.17, 15) is 14.0 Å². The fourth-order valence-corrected chi connectivity index (χ4v) is 1.55. The standard InChI is InChI=1S/C13H18FN3O2/c1-4-7-17(9-12(18)16(2)3)13(19)10-5-6-15-8-11(10)14/h5-6,8H,4,7,9H2,1-3H3. The SMILES string of the molecule is CCCN(CC(=O)N(C)C)C(=O)c1ccncc1F. The molecule has 0 radical (unpaired) electrons. The molecule has 1 rings (SSSR count). The minimum atomic E-state index is -0.675. The van der Waals surface area contributed by atoms with Crippen molar-refractivity contribution in [2.24, 2.45) is 0 Å². The van der Waals surface area contributed by atoms with Crippen LogP contribution in [-0.4, -0.2) is 53.8 Å². The third-order valence-electron chi connectivity index (χ3n) is 2.61. The number of rotatable bonds is 5. The zero-order valence-electron chi connectivity index (χ0n) is 11.4. The van der Waals surface area contributed by atoms with Crippen molar-refractivity contribution >= 4 is 11.8 Å². The Labute approximate surface area is 112 Å². The number of nitrogens with zero attached hydrogens (tertiary/aromatic N) is 3. The van der Waals surface area contributed by atoms with E-state index in [-0.39, 0.29) is 18.0 Å². The van der Waals surface area contributed by atoms with Gasteiger partial charge in [-0.05, 0) is 12.5 Å². The molecule has 0 bridgehead atoms. The minimum Gasteiger partial charge on any atom is -0.347 e. The van der Waals surface area contributed by atoms with E-state index in [1.165, 1.54) is 22.1 Å². The predicted octanol–water partition coefficient (Wildman–Crippen LogP) is 1.16. The van der Waals surface area contributed by atoms with Crippen LogP contribution >= 0.6 is 0 Å². The summed E-state index contributed by atoms with van der Waals surface area (Å²) in [6.45, 7) is 2.24. The average molecular weight is 267 g/mol. The van der Waals surface area contributed by atoms with Crippen molar-refractivity contribution in [3.05, 3.63) is 29.8 Å². The summed E-state index contributed by atoms with van der Waals surface area (Å²) in [5.74, 6) is -1.36. The molecule has 0 aliphatic rings. The number of carbonyl (C=O) groups is 2. The lowest BCUT2D eigenvalue weighted by atomic mass is 10.2. The number of hydrogen-bond acceptors (Lipinski definition) is 3. The molecule has 0 unspecified atom stereocenters. The normalized spacial score (nSPS) is 10.1. The summed E-state index contributed by atoms with van der Waals surface area (Å²) in [4.78, 5) is 30.2. The maximum absolute atomic E-state index is 13.5. The second-order valence-electron chi connectivity index (χ2n) is 4.37. The van der Waals surface area contributed by atoms with E-state index in [1.54, 1.807) is 14.1 Å². The fraction of sp³-hybridized carbons (Fsp3) is 0.462. The van der Waals surface area contributed by atoms with E-state index in [0.29, 0.717) is 13.0 Å². The average Bonchev–Trinajstić information content (AvgIpc) is 2.37. The monoisotopic (exact) mass is 267 g/mol. The number of halogens is 1. The molecule has 0 saturated heterocycles. The van der Waals surface area contributed by atoms with Gasteiger partial charge in [0.1, 0.15) is 6.54 Å². The quantitative estimate of drug-likeness (QED) is 0.804. The van der Waals surface area contributed by atoms with E-state index in [0.717, 1.165) is 6.20 Å². The molecule has 0 aromatic carbocycles. The molecule has 0 N–H and O–H groups in total. The lowest BCUT2D eigenvalue weighted by Crippen LogP contribution is -2.41. The highest BCUT2D eigenvalue weighted by Crippen LogP contribution is 2.09. The summed E-state index contributed by atoms with van der Waals surface area (Å²) in [5.41, 5.74) is -0.0602. The zero-order valence-corrected chi connectivity index (χ0v) is 11.4. The molecule has 1 heterocycles. The molecule has 0 saturated carbocycles. The van der Waals surface area contributed by atoms with Gasteiger partial charge in [-0.1, -0.05) is 6.92 Å². The van der Waals surface area contributed by atoms with Crippen LogP contribution in [0.3, 0.4) is 0 Å². The van der Waals surface area contributed by atoms with Crippen LogP contribution in [0.25, 0.3) is 0 Å². The second kappa shape index (κ2) is 6.82. The topological polar surface area (TPSA) is 53.5 Å². The first-order valence-corrected chi connectivity index (χ1v) is 6.06. The third-order valence-corrected chi connectivity index (χ3v) is 2.61. The molecule has 0 spiro atoms. The summed E-state index contributed by atoms with van der Waals surface area (Å²) >= 11 is 0. The Morgan fingerprint density at radius 1 is 1.37 bits per heavy atom. The van der Waals surface area contributed by atoms with Crippen molar-refractivity contribution in [3.63, 3.8) is 0 Å². The molecular formula is C13H18FN3O2. The molecule has 2 amide bonds. The Morgan fingerprint density at radius 2 is 2.05 bits per heavy atom. The number of pyridine rings is 1. The highest BCUT2D eigenvalue weighted by Gasteiger charge is 2.21. The van der Waals surface area contributed by atoms with Crippen LogP contribution in [0.15, 0.2) is 18.5 Å². The Kier molecular flexibility index (Phi) is 5.41. The lowest BCUT2D eigenvalue weighted by Gasteiger charge is -2.23. The van der Waals surface area contributed by atoms with E-state index in [4.69, 9.17) is 0 Å². The fourth-order valence-electron chi connectivity index (χ4n) is 1.55. The van der Waals surface area contributed by atoms with Gasteiger partial charge >= 0.3 is 0 Å². The van der Waals surface area contributed by atoms with E-state index in [2.05, 4.69) is 4.98 Å². The molecule has 104 valence electrons. The van der Waals surface area contributed by atoms with Crippen LogP contribution in [-0.2, 0) is 4.79 Å². The van der Waals surface area contributed by atoms with Gasteiger partial charge in [0.2, 0.25) is 5.91 Å². The van der Waals surface area contributed by atoms with Crippen molar-refractivity contribution < 1.29 is 14.0 Å². The second-order valence-corrected chi connectivity index (χ2v) is 4.37. The van der Waals surface area contributed by atoms with Crippen molar-refractivity contribution in [1.29, 1.82) is 0 Å². The first-order valence-electron chi connectivity index (χ1n) is 6.06. The molecule has 0 aliphatic heterocycles. The van der Waals surface area contributed by atoms with E-state index in [1.807, 2.05) is 6.92 Å². The molecule has 1 aromatic rings. The third kappa shape index (κ3) is 4.01. The van der Waals surface area contributed by atoms with Gasteiger partial charge < -0.3 is 9.80 Å². The van der Waals surface area contributed by atoms with Crippen LogP contribution in [0.5, 0.6) is 0 Å². The summed E-state index contributed by atoms with van der Waals surface area (Å²) in [7, 11) is 3.23. The van der Waals surface area contributed by atoms with Gasteiger partial charge in [-0.15, -0.1) is 0 Å². The van der Waals surface area contributed by atoms with Crippen LogP contribution in [0.1, 0.15) is 23.7 Å². The lowest BCUT2D eigenvalue weighted by molar-refractivity contribution is -0.129. The first kappa shape index (κ1) is 15.1. The molecule has 19 heavy (non-hydrogen) atoms. The van der Waals surface area contributed by atoms with E-state index < -0.39 is 11.7 Å². The molecule has 5 nitrogen and oxygen atoms in total. The Morgan fingerprint density at radius 3 is 2.58 bits per heavy atom. The number of aromatic nitrogens is 1. The molecule has 1 aromatic heterocycles. The summed E-state index contributed by atoms with van der Waals surface area (Å²) in [6, 6.07) is 1.32. The van der Waals surface area contributed by atoms with Crippen LogP contribution < -0.4 is 0 Å². The van der Waals surface area contributed by atoms with Gasteiger partial charge in [0, 0.05) is 26.8 Å². The van der Waals surface area contributed by atoms with Crippen LogP contribution in [0.2, 0.25) is 0 Å². The van der Waals surface area contributed by atoms with Crippen LogP contribution in [0.4, 0.5) is 4.39 Å². The predicted molar refractivity (Wildman–Crippen MR) is 69.1 cm³/mol. The van der Waals surface area contributed by atoms with Gasteiger partial charge in [0.25, 0.3) is 5.91 Å². The summed E-state index contributed by atoms with van der Waals surface area (Å²) in [5, 5.41) is 0. The number of carbonyl (C=O) groups excluding carboxylic acids is 2. The maximum atomic E-state index is 13.5. The summed E-state index contributed by atoms with van der Waals surface area (Å²) < 4.78 is 13.5. The largest absolute Gasteiger partial charge is 0.347 e. The molecule has 0 aliphatic carbocycles. The van der Waals surface area contributed by atoms with Gasteiger partial charge in [-0.25, -0.2) is 4.39 Å². The molecule has 0 fully saturated rings. The van der Waals surface area contributed by atoms with Gasteiger partial charge in [-0.3, -0.25) is 14.6 Å². The molecular weight excluding hydrogens is 249 g/mol. The van der Waals surface area contributed by atoms with Crippen molar-refractivity contribution in [3.8, 4) is 0 Å². The molecule has 0 atom stereocenters. The Hall–Kier alpha value is -1.98.